The Labute approximate surface area is 234 Å². The number of hydrogen-bond acceptors (Lipinski definition) is 7. The fourth-order valence-electron chi connectivity index (χ4n) is 4.64. The molecule has 0 bridgehead atoms. The van der Waals surface area contributed by atoms with E-state index in [9.17, 15) is 14.7 Å². The Hall–Kier alpha value is -4.26. The molecule has 0 saturated carbocycles. The number of esters is 1. The maximum atomic E-state index is 12.4. The Kier molecular flexibility index (Phi) is 9.15. The van der Waals surface area contributed by atoms with Gasteiger partial charge in [-0.3, -0.25) is 0 Å². The topological polar surface area (TPSA) is 106 Å². The molecule has 210 valence electrons. The molecule has 1 aliphatic rings. The number of carbonyl (C=O) groups is 1. The van der Waals surface area contributed by atoms with Gasteiger partial charge in [0.05, 0.1) is 5.56 Å². The zero-order valence-electron chi connectivity index (χ0n) is 23.2. The third kappa shape index (κ3) is 7.23. The van der Waals surface area contributed by atoms with Crippen LogP contribution < -0.4 is 10.4 Å². The highest BCUT2D eigenvalue weighted by Gasteiger charge is 2.40. The van der Waals surface area contributed by atoms with Crippen LogP contribution in [-0.4, -0.2) is 27.9 Å². The lowest BCUT2D eigenvalue weighted by atomic mass is 9.96. The van der Waals surface area contributed by atoms with Crippen LogP contribution in [0.4, 0.5) is 0 Å². The van der Waals surface area contributed by atoms with Crippen molar-refractivity contribution in [1.82, 2.24) is 0 Å². The van der Waals surface area contributed by atoms with Gasteiger partial charge in [-0.15, -0.1) is 0 Å². The van der Waals surface area contributed by atoms with E-state index in [-0.39, 0.29) is 23.6 Å². The van der Waals surface area contributed by atoms with Crippen molar-refractivity contribution < 1.29 is 28.9 Å². The molecular formula is C33H36O7. The molecule has 0 aliphatic carbocycles. The first-order valence-electron chi connectivity index (χ1n) is 13.7. The molecule has 0 fully saturated rings. The van der Waals surface area contributed by atoms with Crippen molar-refractivity contribution in [3.8, 4) is 17.2 Å². The normalized spacial score (nSPS) is 14.1. The minimum absolute atomic E-state index is 0.125. The van der Waals surface area contributed by atoms with Gasteiger partial charge in [0.25, 0.3) is 0 Å². The molecule has 0 amide bonds. The summed E-state index contributed by atoms with van der Waals surface area (Å²) in [5.41, 5.74) is 1.70. The van der Waals surface area contributed by atoms with Gasteiger partial charge in [-0.25, -0.2) is 9.59 Å². The Morgan fingerprint density at radius 1 is 0.975 bits per heavy atom. The van der Waals surface area contributed by atoms with Crippen LogP contribution in [0, 0.1) is 0 Å². The Balaban J connectivity index is 0.000000224. The maximum Gasteiger partial charge on any atom is 0.338 e. The predicted molar refractivity (Wildman–Crippen MR) is 154 cm³/mol. The standard InChI is InChI=1S/C21H18O5.C12H18O2/c1-21(2,26-20(23)13-6-4-3-5-7-13)18-11-15-10-14-8-9-19(22)25-16(14)12-17(15)24-18;1-2-3-4-5-6-10-7-8-11(13)9-12(10)14/h3-10,12,18H,11H2,1-2H3;7-9,13-14H,2-6H2,1H3. The third-order valence-corrected chi connectivity index (χ3v) is 6.99. The number of aryl methyl sites for hydroxylation is 1. The lowest BCUT2D eigenvalue weighted by molar-refractivity contribution is -0.0517. The van der Waals surface area contributed by atoms with E-state index in [4.69, 9.17) is 19.0 Å². The van der Waals surface area contributed by atoms with Crippen molar-refractivity contribution in [2.75, 3.05) is 0 Å². The smallest absolute Gasteiger partial charge is 0.338 e. The Morgan fingerprint density at radius 2 is 1.75 bits per heavy atom. The van der Waals surface area contributed by atoms with Crippen LogP contribution in [0.1, 0.15) is 67.9 Å². The highest BCUT2D eigenvalue weighted by atomic mass is 16.6. The second kappa shape index (κ2) is 12.7. The van der Waals surface area contributed by atoms with E-state index in [2.05, 4.69) is 6.92 Å². The number of fused-ring (bicyclic) bond motifs is 2. The zero-order valence-corrected chi connectivity index (χ0v) is 23.2. The molecule has 0 radical (unpaired) electrons. The van der Waals surface area contributed by atoms with Crippen LogP contribution in [-0.2, 0) is 17.6 Å². The number of phenols is 2. The third-order valence-electron chi connectivity index (χ3n) is 6.99. The second-order valence-corrected chi connectivity index (χ2v) is 10.5. The largest absolute Gasteiger partial charge is 0.508 e. The van der Waals surface area contributed by atoms with Crippen molar-refractivity contribution in [1.29, 1.82) is 0 Å². The number of rotatable bonds is 8. The van der Waals surface area contributed by atoms with Gasteiger partial charge in [0.15, 0.2) is 0 Å². The van der Waals surface area contributed by atoms with Crippen LogP contribution >= 0.6 is 0 Å². The average Bonchev–Trinajstić information content (AvgIpc) is 3.35. The maximum absolute atomic E-state index is 12.4. The zero-order chi connectivity index (χ0) is 28.7. The number of aromatic hydroxyl groups is 2. The minimum Gasteiger partial charge on any atom is -0.508 e. The molecule has 0 spiro atoms. The molecule has 7 nitrogen and oxygen atoms in total. The number of phenolic OH excluding ortho intramolecular Hbond substituents is 2. The lowest BCUT2D eigenvalue weighted by Crippen LogP contribution is -2.43. The molecule has 1 atom stereocenters. The molecule has 1 aliphatic heterocycles. The summed E-state index contributed by atoms with van der Waals surface area (Å²) in [5, 5.41) is 19.4. The van der Waals surface area contributed by atoms with Gasteiger partial charge in [0.1, 0.15) is 34.5 Å². The molecular weight excluding hydrogens is 508 g/mol. The van der Waals surface area contributed by atoms with E-state index in [1.807, 2.05) is 26.0 Å². The average molecular weight is 545 g/mol. The molecule has 2 heterocycles. The van der Waals surface area contributed by atoms with Gasteiger partial charge >= 0.3 is 11.6 Å². The first-order chi connectivity index (χ1) is 19.2. The molecule has 4 aromatic rings. The molecule has 5 rings (SSSR count). The summed E-state index contributed by atoms with van der Waals surface area (Å²) in [6, 6.07) is 20.5. The summed E-state index contributed by atoms with van der Waals surface area (Å²) in [4.78, 5) is 23.8. The molecule has 1 unspecified atom stereocenters. The highest BCUT2D eigenvalue weighted by Crippen LogP contribution is 2.37. The van der Waals surface area contributed by atoms with Crippen LogP contribution in [0.15, 0.2) is 82.0 Å². The van der Waals surface area contributed by atoms with E-state index in [0.29, 0.717) is 23.3 Å². The molecule has 2 N–H and O–H groups in total. The van der Waals surface area contributed by atoms with Crippen molar-refractivity contribution >= 4 is 16.9 Å². The van der Waals surface area contributed by atoms with Crippen molar-refractivity contribution in [2.45, 2.75) is 71.0 Å². The summed E-state index contributed by atoms with van der Waals surface area (Å²) in [7, 11) is 0. The minimum atomic E-state index is -0.820. The summed E-state index contributed by atoms with van der Waals surface area (Å²) in [6.07, 6.45) is 5.96. The predicted octanol–water partition coefficient (Wildman–Crippen LogP) is 6.95. The van der Waals surface area contributed by atoms with Gasteiger partial charge in [0.2, 0.25) is 0 Å². The quantitative estimate of drug-likeness (QED) is 0.140. The number of carbonyl (C=O) groups excluding carboxylic acids is 1. The summed E-state index contributed by atoms with van der Waals surface area (Å²) in [6.45, 7) is 5.85. The Morgan fingerprint density at radius 3 is 2.48 bits per heavy atom. The first-order valence-corrected chi connectivity index (χ1v) is 13.7. The molecule has 0 saturated heterocycles. The van der Waals surface area contributed by atoms with E-state index in [1.54, 1.807) is 48.5 Å². The lowest BCUT2D eigenvalue weighted by Gasteiger charge is -2.30. The molecule has 40 heavy (non-hydrogen) atoms. The number of hydrogen-bond donors (Lipinski definition) is 2. The number of ether oxygens (including phenoxy) is 2. The van der Waals surface area contributed by atoms with E-state index in [1.165, 1.54) is 31.4 Å². The Bertz CT molecular complexity index is 1500. The van der Waals surface area contributed by atoms with E-state index >= 15 is 0 Å². The number of benzene rings is 3. The van der Waals surface area contributed by atoms with Crippen molar-refractivity contribution in [2.24, 2.45) is 0 Å². The SMILES string of the molecule is CC(C)(OC(=O)c1ccccc1)C1Cc2cc3ccc(=O)oc3cc2O1.CCCCCCc1ccc(O)cc1O. The van der Waals surface area contributed by atoms with Crippen LogP contribution in [0.5, 0.6) is 17.2 Å². The van der Waals surface area contributed by atoms with Crippen molar-refractivity contribution in [3.63, 3.8) is 0 Å². The van der Waals surface area contributed by atoms with Gasteiger partial charge in [-0.2, -0.15) is 0 Å². The highest BCUT2D eigenvalue weighted by molar-refractivity contribution is 5.89. The van der Waals surface area contributed by atoms with E-state index in [0.717, 1.165) is 29.4 Å². The van der Waals surface area contributed by atoms with Crippen LogP contribution in [0.2, 0.25) is 0 Å². The number of unbranched alkanes of at least 4 members (excludes halogenated alkanes) is 3. The summed E-state index contributed by atoms with van der Waals surface area (Å²) in [5.74, 6) is 0.605. The molecule has 7 heteroatoms. The summed E-state index contributed by atoms with van der Waals surface area (Å²) < 4.78 is 16.9. The molecule has 3 aromatic carbocycles. The van der Waals surface area contributed by atoms with E-state index < -0.39 is 11.2 Å². The second-order valence-electron chi connectivity index (χ2n) is 10.5. The van der Waals surface area contributed by atoms with Gasteiger partial charge in [-0.05, 0) is 68.1 Å². The molecule has 1 aromatic heterocycles. The van der Waals surface area contributed by atoms with Crippen LogP contribution in [0.3, 0.4) is 0 Å². The van der Waals surface area contributed by atoms with Crippen LogP contribution in [0.25, 0.3) is 11.0 Å². The van der Waals surface area contributed by atoms with Gasteiger partial charge in [0, 0.05) is 30.0 Å². The summed E-state index contributed by atoms with van der Waals surface area (Å²) >= 11 is 0. The van der Waals surface area contributed by atoms with Gasteiger partial charge < -0.3 is 24.1 Å². The fraction of sp³-hybridized carbons (Fsp3) is 0.333. The van der Waals surface area contributed by atoms with Crippen molar-refractivity contribution in [3.05, 3.63) is 99.9 Å². The fourth-order valence-corrected chi connectivity index (χ4v) is 4.64. The van der Waals surface area contributed by atoms with Gasteiger partial charge in [-0.1, -0.05) is 50.5 Å². The monoisotopic (exact) mass is 544 g/mol. The first kappa shape index (κ1) is 28.7.